The number of rotatable bonds is 5. The summed E-state index contributed by atoms with van der Waals surface area (Å²) >= 11 is 8.47. The van der Waals surface area contributed by atoms with E-state index in [2.05, 4.69) is 46.5 Å². The van der Waals surface area contributed by atoms with Gasteiger partial charge in [-0.1, -0.05) is 11.6 Å². The second kappa shape index (κ2) is 6.66. The van der Waals surface area contributed by atoms with Crippen LogP contribution < -0.4 is 9.64 Å². The number of methoxy groups -OCH3 is 1. The van der Waals surface area contributed by atoms with E-state index in [-0.39, 0.29) is 0 Å². The van der Waals surface area contributed by atoms with E-state index >= 15 is 0 Å². The van der Waals surface area contributed by atoms with Crippen LogP contribution in [0.4, 0.5) is 5.69 Å². The molecule has 5 heteroatoms. The molecule has 0 amide bonds. The first kappa shape index (κ1) is 14.9. The minimum Gasteiger partial charge on any atom is -0.496 e. The second-order valence-corrected chi connectivity index (χ2v) is 5.73. The predicted octanol–water partition coefficient (Wildman–Crippen LogP) is 2.95. The summed E-state index contributed by atoms with van der Waals surface area (Å²) in [4.78, 5) is 4.29. The van der Waals surface area contributed by atoms with Crippen LogP contribution in [0.3, 0.4) is 0 Å². The van der Waals surface area contributed by atoms with Crippen LogP contribution >= 0.6 is 34.2 Å². The highest BCUT2D eigenvalue weighted by atomic mass is 127. The van der Waals surface area contributed by atoms with Gasteiger partial charge in [0.15, 0.2) is 0 Å². The lowest BCUT2D eigenvalue weighted by Gasteiger charge is -2.23. The van der Waals surface area contributed by atoms with E-state index in [4.69, 9.17) is 16.3 Å². The molecule has 1 rings (SSSR count). The Labute approximate surface area is 122 Å². The lowest BCUT2D eigenvalue weighted by molar-refractivity contribution is 0.410. The van der Waals surface area contributed by atoms with Gasteiger partial charge < -0.3 is 14.5 Å². The Hall–Kier alpha value is -0.200. The molecule has 17 heavy (non-hydrogen) atoms. The van der Waals surface area contributed by atoms with Crippen molar-refractivity contribution in [3.8, 4) is 5.75 Å². The molecule has 0 radical (unpaired) electrons. The molecule has 0 aliphatic carbocycles. The van der Waals surface area contributed by atoms with Crippen LogP contribution in [0.15, 0.2) is 12.1 Å². The third-order valence-electron chi connectivity index (χ3n) is 2.52. The predicted molar refractivity (Wildman–Crippen MR) is 82.5 cm³/mol. The molecular weight excluding hydrogens is 351 g/mol. The summed E-state index contributed by atoms with van der Waals surface area (Å²) in [5, 5.41) is 0.761. The Balaban J connectivity index is 2.89. The Morgan fingerprint density at radius 2 is 1.88 bits per heavy atom. The number of benzene rings is 1. The van der Waals surface area contributed by atoms with Gasteiger partial charge in [0, 0.05) is 26.2 Å². The molecule has 0 bridgehead atoms. The molecule has 96 valence electrons. The molecule has 1 aromatic carbocycles. The molecule has 0 fully saturated rings. The smallest absolute Gasteiger partial charge is 0.134 e. The van der Waals surface area contributed by atoms with Crippen LogP contribution in [-0.2, 0) is 0 Å². The fourth-order valence-corrected chi connectivity index (χ4v) is 2.62. The van der Waals surface area contributed by atoms with Crippen LogP contribution in [-0.4, -0.2) is 46.2 Å². The quantitative estimate of drug-likeness (QED) is 0.743. The van der Waals surface area contributed by atoms with E-state index in [1.54, 1.807) is 7.11 Å². The molecule has 0 aromatic heterocycles. The van der Waals surface area contributed by atoms with Gasteiger partial charge in [-0.25, -0.2) is 0 Å². The third kappa shape index (κ3) is 4.19. The first-order chi connectivity index (χ1) is 7.95. The highest BCUT2D eigenvalue weighted by Crippen LogP contribution is 2.33. The van der Waals surface area contributed by atoms with E-state index in [0.717, 1.165) is 33.1 Å². The van der Waals surface area contributed by atoms with Crippen LogP contribution in [0.1, 0.15) is 0 Å². The zero-order valence-electron chi connectivity index (χ0n) is 10.6. The maximum Gasteiger partial charge on any atom is 0.134 e. The minimum absolute atomic E-state index is 0.761. The maximum atomic E-state index is 6.25. The molecule has 0 saturated carbocycles. The average Bonchev–Trinajstić information content (AvgIpc) is 2.26. The fourth-order valence-electron chi connectivity index (χ4n) is 1.44. The highest BCUT2D eigenvalue weighted by molar-refractivity contribution is 14.1. The largest absolute Gasteiger partial charge is 0.496 e. The molecule has 0 atom stereocenters. The number of hydrogen-bond acceptors (Lipinski definition) is 3. The van der Waals surface area contributed by atoms with Gasteiger partial charge in [-0.2, -0.15) is 0 Å². The molecule has 0 saturated heterocycles. The third-order valence-corrected chi connectivity index (χ3v) is 3.66. The summed E-state index contributed by atoms with van der Waals surface area (Å²) in [6.45, 7) is 1.91. The first-order valence-electron chi connectivity index (χ1n) is 5.34. The SMILES string of the molecule is COc1cc(N(C)CCN(C)C)c(Cl)cc1I. The number of likely N-dealkylation sites (N-methyl/N-ethyl adjacent to an activating group) is 2. The summed E-state index contributed by atoms with van der Waals surface area (Å²) in [5.41, 5.74) is 1.01. The summed E-state index contributed by atoms with van der Waals surface area (Å²) in [6, 6.07) is 3.92. The Bertz CT molecular complexity index is 385. The summed E-state index contributed by atoms with van der Waals surface area (Å²) in [5.74, 6) is 0.863. The molecule has 0 heterocycles. The van der Waals surface area contributed by atoms with Gasteiger partial charge in [0.2, 0.25) is 0 Å². The van der Waals surface area contributed by atoms with Crippen molar-refractivity contribution in [2.45, 2.75) is 0 Å². The number of halogens is 2. The number of anilines is 1. The van der Waals surface area contributed by atoms with Crippen molar-refractivity contribution in [2.24, 2.45) is 0 Å². The van der Waals surface area contributed by atoms with E-state index < -0.39 is 0 Å². The summed E-state index contributed by atoms with van der Waals surface area (Å²) < 4.78 is 6.34. The molecule has 3 nitrogen and oxygen atoms in total. The minimum atomic E-state index is 0.761. The lowest BCUT2D eigenvalue weighted by Crippen LogP contribution is -2.28. The lowest BCUT2D eigenvalue weighted by atomic mass is 10.2. The van der Waals surface area contributed by atoms with E-state index in [0.29, 0.717) is 0 Å². The maximum absolute atomic E-state index is 6.25. The standard InChI is InChI=1S/C12H18ClIN2O/c1-15(2)5-6-16(3)11-8-12(17-4)10(14)7-9(11)13/h7-8H,5-6H2,1-4H3. The fraction of sp³-hybridized carbons (Fsp3) is 0.500. The van der Waals surface area contributed by atoms with Crippen molar-refractivity contribution in [3.05, 3.63) is 20.7 Å². The van der Waals surface area contributed by atoms with E-state index in [1.807, 2.05) is 19.2 Å². The molecule has 0 aliphatic rings. The van der Waals surface area contributed by atoms with Crippen LogP contribution in [0.2, 0.25) is 5.02 Å². The van der Waals surface area contributed by atoms with E-state index in [1.165, 1.54) is 0 Å². The van der Waals surface area contributed by atoms with Crippen LogP contribution in [0, 0.1) is 3.57 Å². The monoisotopic (exact) mass is 368 g/mol. The zero-order valence-corrected chi connectivity index (χ0v) is 13.5. The zero-order chi connectivity index (χ0) is 13.0. The number of hydrogen-bond donors (Lipinski definition) is 0. The molecule has 1 aromatic rings. The number of ether oxygens (including phenoxy) is 1. The average molecular weight is 369 g/mol. The molecule has 0 spiro atoms. The molecular formula is C12H18ClIN2O. The molecule has 0 unspecified atom stereocenters. The van der Waals surface area contributed by atoms with Crippen molar-refractivity contribution in [2.75, 3.05) is 46.2 Å². The van der Waals surface area contributed by atoms with Crippen LogP contribution in [0.25, 0.3) is 0 Å². The van der Waals surface area contributed by atoms with Gasteiger partial charge >= 0.3 is 0 Å². The van der Waals surface area contributed by atoms with Crippen molar-refractivity contribution in [1.82, 2.24) is 4.90 Å². The molecule has 0 aliphatic heterocycles. The highest BCUT2D eigenvalue weighted by Gasteiger charge is 2.11. The Kier molecular flexibility index (Phi) is 5.82. The Morgan fingerprint density at radius 3 is 2.41 bits per heavy atom. The van der Waals surface area contributed by atoms with Crippen molar-refractivity contribution in [1.29, 1.82) is 0 Å². The van der Waals surface area contributed by atoms with Gasteiger partial charge in [0.05, 0.1) is 21.4 Å². The van der Waals surface area contributed by atoms with Gasteiger partial charge in [-0.15, -0.1) is 0 Å². The topological polar surface area (TPSA) is 15.7 Å². The van der Waals surface area contributed by atoms with Gasteiger partial charge in [-0.05, 0) is 42.8 Å². The summed E-state index contributed by atoms with van der Waals surface area (Å²) in [7, 11) is 7.83. The second-order valence-electron chi connectivity index (χ2n) is 4.16. The van der Waals surface area contributed by atoms with Crippen molar-refractivity contribution < 1.29 is 4.74 Å². The Morgan fingerprint density at radius 1 is 1.24 bits per heavy atom. The normalized spacial score (nSPS) is 10.8. The van der Waals surface area contributed by atoms with Gasteiger partial charge in [-0.3, -0.25) is 0 Å². The van der Waals surface area contributed by atoms with Crippen molar-refractivity contribution >= 4 is 39.9 Å². The number of nitrogens with zero attached hydrogens (tertiary/aromatic N) is 2. The first-order valence-corrected chi connectivity index (χ1v) is 6.80. The molecule has 0 N–H and O–H groups in total. The van der Waals surface area contributed by atoms with E-state index in [9.17, 15) is 0 Å². The summed E-state index contributed by atoms with van der Waals surface area (Å²) in [6.07, 6.45) is 0. The van der Waals surface area contributed by atoms with Crippen molar-refractivity contribution in [3.63, 3.8) is 0 Å². The van der Waals surface area contributed by atoms with Gasteiger partial charge in [0.1, 0.15) is 5.75 Å². The van der Waals surface area contributed by atoms with Crippen LogP contribution in [0.5, 0.6) is 5.75 Å². The van der Waals surface area contributed by atoms with Gasteiger partial charge in [0.25, 0.3) is 0 Å².